The molecule has 0 aliphatic heterocycles. The number of nitrogen functional groups attached to an aromatic ring is 1. The zero-order valence-corrected chi connectivity index (χ0v) is 13.9. The molecule has 3 rings (SSSR count). The lowest BCUT2D eigenvalue weighted by Crippen LogP contribution is -2.22. The van der Waals surface area contributed by atoms with Gasteiger partial charge in [-0.3, -0.25) is 14.6 Å². The molecule has 9 nitrogen and oxygen atoms in total. The number of aliphatic hydroxyl groups is 1. The fourth-order valence-electron chi connectivity index (χ4n) is 3.18. The summed E-state index contributed by atoms with van der Waals surface area (Å²) in [5.41, 5.74) is 6.41. The van der Waals surface area contributed by atoms with Gasteiger partial charge in [0.1, 0.15) is 6.61 Å². The number of carbonyl (C=O) groups excluding carboxylic acids is 1. The maximum atomic E-state index is 11.9. The number of aromatic nitrogens is 4. The summed E-state index contributed by atoms with van der Waals surface area (Å²) < 4.78 is 6.90. The number of imidazole rings is 1. The number of rotatable bonds is 5. The molecule has 4 N–H and O–H groups in total. The van der Waals surface area contributed by atoms with E-state index in [4.69, 9.17) is 10.5 Å². The van der Waals surface area contributed by atoms with Crippen LogP contribution in [-0.4, -0.2) is 43.3 Å². The van der Waals surface area contributed by atoms with E-state index < -0.39 is 11.7 Å². The summed E-state index contributed by atoms with van der Waals surface area (Å²) >= 11 is 0. The second-order valence-corrected chi connectivity index (χ2v) is 6.21. The summed E-state index contributed by atoms with van der Waals surface area (Å²) in [5.74, 6) is -0.670. The smallest absolute Gasteiger partial charge is 0.305 e. The average molecular weight is 347 g/mol. The van der Waals surface area contributed by atoms with Crippen LogP contribution in [0.3, 0.4) is 0 Å². The molecule has 2 aromatic heterocycles. The van der Waals surface area contributed by atoms with Crippen molar-refractivity contribution in [3.05, 3.63) is 28.8 Å². The normalized spacial score (nSPS) is 23.3. The Hall–Kier alpha value is -2.68. The largest absolute Gasteiger partial charge is 0.465 e. The molecule has 25 heavy (non-hydrogen) atoms. The number of ether oxygens (including phenoxy) is 1. The molecule has 134 valence electrons. The number of nitrogens with zero attached hydrogens (tertiary/aromatic N) is 3. The van der Waals surface area contributed by atoms with Gasteiger partial charge in [0.2, 0.25) is 5.95 Å². The summed E-state index contributed by atoms with van der Waals surface area (Å²) in [6.45, 7) is 6.03. The Kier molecular flexibility index (Phi) is 4.58. The van der Waals surface area contributed by atoms with E-state index >= 15 is 0 Å². The maximum Gasteiger partial charge on any atom is 0.305 e. The second kappa shape index (κ2) is 6.67. The highest BCUT2D eigenvalue weighted by molar-refractivity contribution is 5.71. The fraction of sp³-hybridized carbons (Fsp3) is 0.500. The predicted octanol–water partition coefficient (Wildman–Crippen LogP) is 0.523. The van der Waals surface area contributed by atoms with Crippen LogP contribution in [0.15, 0.2) is 23.3 Å². The van der Waals surface area contributed by atoms with E-state index in [9.17, 15) is 14.7 Å². The summed E-state index contributed by atoms with van der Waals surface area (Å²) in [4.78, 5) is 34.1. The lowest BCUT2D eigenvalue weighted by Gasteiger charge is -2.17. The van der Waals surface area contributed by atoms with E-state index in [0.717, 1.165) is 0 Å². The topological polar surface area (TPSA) is 136 Å². The summed E-state index contributed by atoms with van der Waals surface area (Å²) in [6.07, 6.45) is 2.20. The highest BCUT2D eigenvalue weighted by atomic mass is 16.5. The van der Waals surface area contributed by atoms with Crippen molar-refractivity contribution in [2.75, 3.05) is 12.3 Å². The highest BCUT2D eigenvalue weighted by Crippen LogP contribution is 2.40. The van der Waals surface area contributed by atoms with Crippen LogP contribution in [0, 0.1) is 5.92 Å². The van der Waals surface area contributed by atoms with E-state index in [2.05, 4.69) is 21.5 Å². The number of hydrogen-bond donors (Lipinski definition) is 3. The molecular weight excluding hydrogens is 326 g/mol. The van der Waals surface area contributed by atoms with Crippen molar-refractivity contribution < 1.29 is 14.6 Å². The zero-order chi connectivity index (χ0) is 18.1. The summed E-state index contributed by atoms with van der Waals surface area (Å²) in [5, 5.41) is 10.4. The third-order valence-electron chi connectivity index (χ3n) is 4.50. The van der Waals surface area contributed by atoms with Gasteiger partial charge < -0.3 is 20.1 Å². The van der Waals surface area contributed by atoms with Crippen LogP contribution >= 0.6 is 0 Å². The van der Waals surface area contributed by atoms with Crippen molar-refractivity contribution >= 4 is 23.1 Å². The first-order chi connectivity index (χ1) is 11.9. The standard InChI is InChI=1S/C16H21N5O4/c1-3-4-12(23)25-6-9-8(2)10(5-11(9)22)21-7-18-13-14(21)19-16(17)20-15(13)24/h7,9-11,22H,2-6H2,1H3,(H3,17,19,20,24)/t9-,10-,11-/m0/s1. The molecule has 0 saturated heterocycles. The van der Waals surface area contributed by atoms with Crippen molar-refractivity contribution in [3.63, 3.8) is 0 Å². The molecule has 0 unspecified atom stereocenters. The number of nitrogens with one attached hydrogen (secondary N) is 1. The Morgan fingerprint density at radius 3 is 3.08 bits per heavy atom. The van der Waals surface area contributed by atoms with Crippen LogP contribution < -0.4 is 11.3 Å². The summed E-state index contributed by atoms with van der Waals surface area (Å²) in [6, 6.07) is -0.302. The van der Waals surface area contributed by atoms with Crippen molar-refractivity contribution in [2.45, 2.75) is 38.3 Å². The monoisotopic (exact) mass is 347 g/mol. The molecule has 0 amide bonds. The van der Waals surface area contributed by atoms with Crippen LogP contribution in [0.5, 0.6) is 0 Å². The molecule has 0 spiro atoms. The Balaban J connectivity index is 1.84. The third kappa shape index (κ3) is 3.14. The van der Waals surface area contributed by atoms with Gasteiger partial charge >= 0.3 is 5.97 Å². The van der Waals surface area contributed by atoms with Crippen molar-refractivity contribution in [2.24, 2.45) is 5.92 Å². The molecule has 1 fully saturated rings. The van der Waals surface area contributed by atoms with Gasteiger partial charge in [0.05, 0.1) is 18.5 Å². The fourth-order valence-corrected chi connectivity index (χ4v) is 3.18. The van der Waals surface area contributed by atoms with Gasteiger partial charge in [-0.1, -0.05) is 13.5 Å². The van der Waals surface area contributed by atoms with E-state index in [1.807, 2.05) is 6.92 Å². The van der Waals surface area contributed by atoms with Gasteiger partial charge in [-0.2, -0.15) is 4.98 Å². The van der Waals surface area contributed by atoms with Gasteiger partial charge in [-0.25, -0.2) is 4.98 Å². The third-order valence-corrected chi connectivity index (χ3v) is 4.50. The zero-order valence-electron chi connectivity index (χ0n) is 13.9. The minimum Gasteiger partial charge on any atom is -0.465 e. The van der Waals surface area contributed by atoms with Crippen LogP contribution in [0.1, 0.15) is 32.2 Å². The average Bonchev–Trinajstić information content (AvgIpc) is 3.07. The first-order valence-corrected chi connectivity index (χ1v) is 8.17. The number of aromatic amines is 1. The Morgan fingerprint density at radius 2 is 2.36 bits per heavy atom. The van der Waals surface area contributed by atoms with Gasteiger partial charge in [0.15, 0.2) is 11.2 Å². The highest BCUT2D eigenvalue weighted by Gasteiger charge is 2.39. The predicted molar refractivity (Wildman–Crippen MR) is 90.7 cm³/mol. The van der Waals surface area contributed by atoms with E-state index in [1.165, 1.54) is 6.33 Å². The summed E-state index contributed by atoms with van der Waals surface area (Å²) in [7, 11) is 0. The van der Waals surface area contributed by atoms with Crippen molar-refractivity contribution in [1.29, 1.82) is 0 Å². The molecule has 0 bridgehead atoms. The lowest BCUT2D eigenvalue weighted by molar-refractivity contribution is -0.145. The Labute approximate surface area is 143 Å². The Bertz CT molecular complexity index is 871. The lowest BCUT2D eigenvalue weighted by atomic mass is 10.0. The van der Waals surface area contributed by atoms with Gasteiger partial charge in [-0.15, -0.1) is 0 Å². The number of anilines is 1. The van der Waals surface area contributed by atoms with Crippen LogP contribution in [0.2, 0.25) is 0 Å². The molecule has 2 heterocycles. The number of esters is 1. The molecule has 1 saturated carbocycles. The maximum absolute atomic E-state index is 11.9. The SMILES string of the molecule is C=C1[C@H](COC(=O)CCC)[C@@H](O)C[C@@H]1n1cnc2c(=O)[nH]c(N)nc21. The van der Waals surface area contributed by atoms with E-state index in [1.54, 1.807) is 4.57 Å². The van der Waals surface area contributed by atoms with Gasteiger partial charge in [0, 0.05) is 12.3 Å². The molecule has 2 aromatic rings. The molecule has 3 atom stereocenters. The molecular formula is C16H21N5O4. The first-order valence-electron chi connectivity index (χ1n) is 8.17. The number of fused-ring (bicyclic) bond motifs is 1. The van der Waals surface area contributed by atoms with Gasteiger partial charge in [0.25, 0.3) is 5.56 Å². The van der Waals surface area contributed by atoms with Crippen LogP contribution in [-0.2, 0) is 9.53 Å². The first kappa shape index (κ1) is 17.2. The van der Waals surface area contributed by atoms with E-state index in [-0.39, 0.29) is 36.0 Å². The molecule has 1 aliphatic carbocycles. The number of aliphatic hydroxyl groups excluding tert-OH is 1. The van der Waals surface area contributed by atoms with Gasteiger partial charge in [-0.05, 0) is 18.4 Å². The minimum absolute atomic E-state index is 0.00606. The Morgan fingerprint density at radius 1 is 1.60 bits per heavy atom. The number of hydrogen-bond acceptors (Lipinski definition) is 7. The van der Waals surface area contributed by atoms with Crippen LogP contribution in [0.4, 0.5) is 5.95 Å². The quantitative estimate of drug-likeness (QED) is 0.530. The van der Waals surface area contributed by atoms with E-state index in [0.29, 0.717) is 30.5 Å². The molecule has 0 radical (unpaired) electrons. The molecule has 0 aromatic carbocycles. The van der Waals surface area contributed by atoms with Crippen molar-refractivity contribution in [3.8, 4) is 0 Å². The van der Waals surface area contributed by atoms with Crippen molar-refractivity contribution in [1.82, 2.24) is 19.5 Å². The minimum atomic E-state index is -0.705. The number of nitrogens with two attached hydrogens (primary N) is 1. The number of H-pyrrole nitrogens is 1. The molecule has 9 heteroatoms. The van der Waals surface area contributed by atoms with Crippen LogP contribution in [0.25, 0.3) is 11.2 Å². The molecule has 1 aliphatic rings. The second-order valence-electron chi connectivity index (χ2n) is 6.21. The number of carbonyl (C=O) groups is 1.